The van der Waals surface area contributed by atoms with Gasteiger partial charge in [0, 0.05) is 19.2 Å². The van der Waals surface area contributed by atoms with Crippen LogP contribution in [0.4, 0.5) is 5.69 Å². The number of methoxy groups -OCH3 is 1. The second-order valence-corrected chi connectivity index (χ2v) is 5.04. The van der Waals surface area contributed by atoms with E-state index in [1.165, 1.54) is 12.7 Å². The van der Waals surface area contributed by atoms with Crippen LogP contribution >= 0.6 is 0 Å². The number of amides is 1. The van der Waals surface area contributed by atoms with E-state index < -0.39 is 0 Å². The van der Waals surface area contributed by atoms with Gasteiger partial charge in [0.2, 0.25) is 0 Å². The molecule has 2 N–H and O–H groups in total. The predicted octanol–water partition coefficient (Wildman–Crippen LogP) is 2.86. The highest BCUT2D eigenvalue weighted by molar-refractivity contribution is 5.95. The number of aryl methyl sites for hydroxylation is 1. The molecule has 0 spiro atoms. The Kier molecular flexibility index (Phi) is 4.48. The van der Waals surface area contributed by atoms with Gasteiger partial charge >= 0.3 is 0 Å². The third-order valence-corrected chi connectivity index (χ3v) is 3.50. The Morgan fingerprint density at radius 3 is 2.62 bits per heavy atom. The molecule has 2 rings (SSSR count). The quantitative estimate of drug-likeness (QED) is 0.878. The van der Waals surface area contributed by atoms with Crippen molar-refractivity contribution in [2.75, 3.05) is 19.9 Å². The zero-order valence-corrected chi connectivity index (χ0v) is 12.6. The van der Waals surface area contributed by atoms with Gasteiger partial charge in [0.05, 0.1) is 12.8 Å². The second kappa shape index (κ2) is 6.31. The number of nitrogen functional groups attached to an aromatic ring is 1. The van der Waals surface area contributed by atoms with E-state index in [2.05, 4.69) is 0 Å². The predicted molar refractivity (Wildman–Crippen MR) is 84.4 cm³/mol. The van der Waals surface area contributed by atoms with Crippen molar-refractivity contribution in [3.63, 3.8) is 0 Å². The maximum atomic E-state index is 12.5. The van der Waals surface area contributed by atoms with Gasteiger partial charge < -0.3 is 15.4 Å². The number of carbonyl (C=O) groups is 1. The Labute approximate surface area is 125 Å². The fourth-order valence-corrected chi connectivity index (χ4v) is 2.18. The maximum Gasteiger partial charge on any atom is 0.254 e. The van der Waals surface area contributed by atoms with Crippen molar-refractivity contribution in [3.8, 4) is 5.75 Å². The monoisotopic (exact) mass is 284 g/mol. The summed E-state index contributed by atoms with van der Waals surface area (Å²) in [6, 6.07) is 13.1. The minimum absolute atomic E-state index is 0.0587. The number of ether oxygens (including phenoxy) is 1. The molecule has 0 aliphatic carbocycles. The molecular weight excluding hydrogens is 264 g/mol. The van der Waals surface area contributed by atoms with Crippen molar-refractivity contribution in [1.82, 2.24) is 4.90 Å². The molecule has 110 valence electrons. The van der Waals surface area contributed by atoms with Gasteiger partial charge in [0.1, 0.15) is 5.75 Å². The highest BCUT2D eigenvalue weighted by Gasteiger charge is 2.14. The van der Waals surface area contributed by atoms with Gasteiger partial charge in [-0.05, 0) is 36.2 Å². The van der Waals surface area contributed by atoms with Gasteiger partial charge in [-0.25, -0.2) is 0 Å². The van der Waals surface area contributed by atoms with E-state index in [-0.39, 0.29) is 5.91 Å². The normalized spacial score (nSPS) is 10.2. The van der Waals surface area contributed by atoms with Gasteiger partial charge in [0.15, 0.2) is 0 Å². The number of nitrogens with two attached hydrogens (primary N) is 1. The number of hydrogen-bond acceptors (Lipinski definition) is 3. The summed E-state index contributed by atoms with van der Waals surface area (Å²) in [4.78, 5) is 14.2. The summed E-state index contributed by atoms with van der Waals surface area (Å²) in [7, 11) is 3.33. The van der Waals surface area contributed by atoms with Crippen LogP contribution in [0.3, 0.4) is 0 Å². The molecule has 4 nitrogen and oxygen atoms in total. The largest absolute Gasteiger partial charge is 0.495 e. The molecule has 2 aromatic rings. The molecule has 0 heterocycles. The SMILES string of the molecule is COc1cc(C(=O)N(C)Cc2ccccc2C)ccc1N. The molecule has 1 amide bonds. The molecule has 0 fully saturated rings. The Morgan fingerprint density at radius 1 is 1.24 bits per heavy atom. The third kappa shape index (κ3) is 3.34. The lowest BCUT2D eigenvalue weighted by molar-refractivity contribution is 0.0784. The summed E-state index contributed by atoms with van der Waals surface area (Å²) in [5.41, 5.74) is 9.17. The average Bonchev–Trinajstić information content (AvgIpc) is 2.49. The summed E-state index contributed by atoms with van der Waals surface area (Å²) in [5.74, 6) is 0.460. The van der Waals surface area contributed by atoms with Gasteiger partial charge in [-0.1, -0.05) is 24.3 Å². The standard InChI is InChI=1S/C17H20N2O2/c1-12-6-4-5-7-14(12)11-19(2)17(20)13-8-9-15(18)16(10-13)21-3/h4-10H,11,18H2,1-3H3. The molecule has 0 saturated heterocycles. The minimum atomic E-state index is -0.0587. The van der Waals surface area contributed by atoms with Gasteiger partial charge in [-0.2, -0.15) is 0 Å². The van der Waals surface area contributed by atoms with Crippen LogP contribution in [0.1, 0.15) is 21.5 Å². The number of rotatable bonds is 4. The van der Waals surface area contributed by atoms with Crippen LogP contribution in [-0.2, 0) is 6.54 Å². The molecule has 0 unspecified atom stereocenters. The van der Waals surface area contributed by atoms with Crippen LogP contribution in [0.25, 0.3) is 0 Å². The number of benzene rings is 2. The molecule has 0 saturated carbocycles. The first kappa shape index (κ1) is 14.9. The number of nitrogens with zero attached hydrogens (tertiary/aromatic N) is 1. The summed E-state index contributed by atoms with van der Waals surface area (Å²) >= 11 is 0. The number of carbonyl (C=O) groups excluding carboxylic acids is 1. The third-order valence-electron chi connectivity index (χ3n) is 3.50. The van der Waals surface area contributed by atoms with E-state index >= 15 is 0 Å². The molecule has 0 bridgehead atoms. The summed E-state index contributed by atoms with van der Waals surface area (Å²) in [6.07, 6.45) is 0. The molecule has 21 heavy (non-hydrogen) atoms. The smallest absolute Gasteiger partial charge is 0.254 e. The molecule has 0 aliphatic heterocycles. The summed E-state index contributed by atoms with van der Waals surface area (Å²) in [6.45, 7) is 2.61. The van der Waals surface area contributed by atoms with E-state index in [1.807, 2.05) is 31.2 Å². The van der Waals surface area contributed by atoms with Crippen LogP contribution < -0.4 is 10.5 Å². The molecular formula is C17H20N2O2. The molecule has 4 heteroatoms. The van der Waals surface area contributed by atoms with Crippen molar-refractivity contribution < 1.29 is 9.53 Å². The van der Waals surface area contributed by atoms with E-state index in [4.69, 9.17) is 10.5 Å². The zero-order valence-electron chi connectivity index (χ0n) is 12.6. The summed E-state index contributed by atoms with van der Waals surface area (Å²) in [5, 5.41) is 0. The lowest BCUT2D eigenvalue weighted by Crippen LogP contribution is -2.26. The van der Waals surface area contributed by atoms with Crippen LogP contribution in [0.5, 0.6) is 5.75 Å². The fraction of sp³-hybridized carbons (Fsp3) is 0.235. The van der Waals surface area contributed by atoms with Gasteiger partial charge in [-0.3, -0.25) is 4.79 Å². The first-order chi connectivity index (χ1) is 10.0. The molecule has 0 aromatic heterocycles. The zero-order chi connectivity index (χ0) is 15.4. The highest BCUT2D eigenvalue weighted by Crippen LogP contribution is 2.23. The number of anilines is 1. The molecule has 2 aromatic carbocycles. The van der Waals surface area contributed by atoms with Gasteiger partial charge in [0.25, 0.3) is 5.91 Å². The Hall–Kier alpha value is -2.49. The first-order valence-corrected chi connectivity index (χ1v) is 6.76. The van der Waals surface area contributed by atoms with E-state index in [9.17, 15) is 4.79 Å². The molecule has 0 radical (unpaired) electrons. The van der Waals surface area contributed by atoms with Crippen molar-refractivity contribution in [1.29, 1.82) is 0 Å². The second-order valence-electron chi connectivity index (χ2n) is 5.04. The van der Waals surface area contributed by atoms with E-state index in [0.29, 0.717) is 23.5 Å². The molecule has 0 atom stereocenters. The summed E-state index contributed by atoms with van der Waals surface area (Å²) < 4.78 is 5.16. The van der Waals surface area contributed by atoms with Crippen LogP contribution in [-0.4, -0.2) is 25.0 Å². The lowest BCUT2D eigenvalue weighted by atomic mass is 10.1. The topological polar surface area (TPSA) is 55.6 Å². The Bertz CT molecular complexity index is 653. The average molecular weight is 284 g/mol. The molecule has 0 aliphatic rings. The van der Waals surface area contributed by atoms with Crippen molar-refractivity contribution in [2.45, 2.75) is 13.5 Å². The first-order valence-electron chi connectivity index (χ1n) is 6.76. The van der Waals surface area contributed by atoms with E-state index in [0.717, 1.165) is 5.56 Å². The highest BCUT2D eigenvalue weighted by atomic mass is 16.5. The van der Waals surface area contributed by atoms with Crippen LogP contribution in [0, 0.1) is 6.92 Å². The number of hydrogen-bond donors (Lipinski definition) is 1. The van der Waals surface area contributed by atoms with Gasteiger partial charge in [-0.15, -0.1) is 0 Å². The lowest BCUT2D eigenvalue weighted by Gasteiger charge is -2.19. The van der Waals surface area contributed by atoms with Crippen molar-refractivity contribution in [3.05, 3.63) is 59.2 Å². The van der Waals surface area contributed by atoms with Crippen molar-refractivity contribution in [2.24, 2.45) is 0 Å². The van der Waals surface area contributed by atoms with Crippen LogP contribution in [0.15, 0.2) is 42.5 Å². The Balaban J connectivity index is 2.18. The Morgan fingerprint density at radius 2 is 1.95 bits per heavy atom. The minimum Gasteiger partial charge on any atom is -0.495 e. The fourth-order valence-electron chi connectivity index (χ4n) is 2.18. The van der Waals surface area contributed by atoms with Crippen LogP contribution in [0.2, 0.25) is 0 Å². The van der Waals surface area contributed by atoms with E-state index in [1.54, 1.807) is 30.1 Å². The van der Waals surface area contributed by atoms with Crippen molar-refractivity contribution >= 4 is 11.6 Å². The maximum absolute atomic E-state index is 12.5.